The van der Waals surface area contributed by atoms with Crippen molar-refractivity contribution in [2.24, 2.45) is 7.05 Å². The molecule has 0 fully saturated rings. The van der Waals surface area contributed by atoms with Gasteiger partial charge in [0, 0.05) is 38.0 Å². The molecule has 1 aliphatic carbocycles. The normalized spacial score (nSPS) is 20.8. The molecular formula is C16H22F3N5O. The largest absolute Gasteiger partial charge is 0.409 e. The fourth-order valence-corrected chi connectivity index (χ4v) is 3.40. The first kappa shape index (κ1) is 17.8. The van der Waals surface area contributed by atoms with Crippen LogP contribution in [0.2, 0.25) is 0 Å². The van der Waals surface area contributed by atoms with Crippen LogP contribution in [0.5, 0.6) is 0 Å². The van der Waals surface area contributed by atoms with Crippen LogP contribution < -0.4 is 10.7 Å². The second-order valence-electron chi connectivity index (χ2n) is 6.46. The monoisotopic (exact) mass is 357 g/mol. The average molecular weight is 357 g/mol. The van der Waals surface area contributed by atoms with Gasteiger partial charge in [0.1, 0.15) is 6.04 Å². The van der Waals surface area contributed by atoms with Crippen molar-refractivity contribution in [2.45, 2.75) is 50.7 Å². The van der Waals surface area contributed by atoms with Crippen molar-refractivity contribution in [2.75, 3.05) is 11.9 Å². The van der Waals surface area contributed by atoms with E-state index in [4.69, 9.17) is 0 Å². The molecule has 0 saturated carbocycles. The third-order valence-corrected chi connectivity index (χ3v) is 4.53. The third kappa shape index (κ3) is 4.15. The average Bonchev–Trinajstić information content (AvgIpc) is 3.11. The van der Waals surface area contributed by atoms with Gasteiger partial charge in [0.25, 0.3) is 0 Å². The molecule has 25 heavy (non-hydrogen) atoms. The molecule has 1 aromatic rings. The lowest BCUT2D eigenvalue weighted by Crippen LogP contribution is -2.46. The molecule has 0 saturated heterocycles. The second kappa shape index (κ2) is 7.07. The number of carbonyl (C=O) groups excluding carboxylic acids is 1. The van der Waals surface area contributed by atoms with Gasteiger partial charge in [-0.3, -0.25) is 9.48 Å². The first-order chi connectivity index (χ1) is 11.8. The summed E-state index contributed by atoms with van der Waals surface area (Å²) in [6.45, 7) is 0.376. The minimum atomic E-state index is -4.29. The standard InChI is InChI=1S/C16H22F3N5O/c1-23-10-8-13(21-23)20-14(25)7-4-9-24-12-6-3-2-5-11(12)15(22-24)16(17,18)19/h8,10,15,22H,2-7,9H2,1H3,(H,20,21,25). The summed E-state index contributed by atoms with van der Waals surface area (Å²) in [5.74, 6) is 0.282. The van der Waals surface area contributed by atoms with Crippen molar-refractivity contribution < 1.29 is 18.0 Å². The van der Waals surface area contributed by atoms with Gasteiger partial charge >= 0.3 is 6.18 Å². The molecule has 3 rings (SSSR count). The summed E-state index contributed by atoms with van der Waals surface area (Å²) in [6.07, 6.45) is 0.982. The van der Waals surface area contributed by atoms with Gasteiger partial charge in [-0.05, 0) is 37.7 Å². The molecule has 1 aliphatic heterocycles. The van der Waals surface area contributed by atoms with Gasteiger partial charge in [0.2, 0.25) is 5.91 Å². The SMILES string of the molecule is Cn1ccc(NC(=O)CCCN2NC(C(F)(F)F)C3=C2CCCC3)n1. The lowest BCUT2D eigenvalue weighted by molar-refractivity contribution is -0.152. The topological polar surface area (TPSA) is 62.2 Å². The third-order valence-electron chi connectivity index (χ3n) is 4.53. The van der Waals surface area contributed by atoms with E-state index >= 15 is 0 Å². The van der Waals surface area contributed by atoms with Crippen LogP contribution in [0, 0.1) is 0 Å². The Morgan fingerprint density at radius 3 is 2.84 bits per heavy atom. The van der Waals surface area contributed by atoms with E-state index in [9.17, 15) is 18.0 Å². The van der Waals surface area contributed by atoms with Gasteiger partial charge in [-0.25, -0.2) is 5.43 Å². The fourth-order valence-electron chi connectivity index (χ4n) is 3.40. The fraction of sp³-hybridized carbons (Fsp3) is 0.625. The second-order valence-corrected chi connectivity index (χ2v) is 6.46. The maximum Gasteiger partial charge on any atom is 0.409 e. The van der Waals surface area contributed by atoms with Crippen LogP contribution in [0.25, 0.3) is 0 Å². The highest BCUT2D eigenvalue weighted by Gasteiger charge is 2.48. The van der Waals surface area contributed by atoms with Gasteiger partial charge < -0.3 is 10.3 Å². The number of allylic oxidation sites excluding steroid dienone is 1. The van der Waals surface area contributed by atoms with Gasteiger partial charge in [-0.2, -0.15) is 18.3 Å². The lowest BCUT2D eigenvalue weighted by atomic mass is 9.92. The lowest BCUT2D eigenvalue weighted by Gasteiger charge is -2.24. The first-order valence-corrected chi connectivity index (χ1v) is 8.46. The highest BCUT2D eigenvalue weighted by atomic mass is 19.4. The van der Waals surface area contributed by atoms with E-state index in [1.807, 2.05) is 0 Å². The highest BCUT2D eigenvalue weighted by molar-refractivity contribution is 5.89. The molecule has 0 spiro atoms. The number of hydrazine groups is 1. The molecular weight excluding hydrogens is 335 g/mol. The Bertz CT molecular complexity index is 667. The molecule has 2 N–H and O–H groups in total. The molecule has 2 heterocycles. The Morgan fingerprint density at radius 1 is 1.40 bits per heavy atom. The van der Waals surface area contributed by atoms with Crippen molar-refractivity contribution in [1.29, 1.82) is 0 Å². The number of nitrogens with zero attached hydrogens (tertiary/aromatic N) is 3. The predicted molar refractivity (Wildman–Crippen MR) is 86.3 cm³/mol. The zero-order valence-electron chi connectivity index (χ0n) is 14.1. The number of anilines is 1. The summed E-state index contributed by atoms with van der Waals surface area (Å²) in [5.41, 5.74) is 3.82. The number of aromatic nitrogens is 2. The molecule has 6 nitrogen and oxygen atoms in total. The quantitative estimate of drug-likeness (QED) is 0.851. The summed E-state index contributed by atoms with van der Waals surface area (Å²) in [7, 11) is 1.75. The van der Waals surface area contributed by atoms with E-state index < -0.39 is 12.2 Å². The number of nitrogens with one attached hydrogen (secondary N) is 2. The van der Waals surface area contributed by atoms with E-state index in [0.717, 1.165) is 18.5 Å². The van der Waals surface area contributed by atoms with Crippen molar-refractivity contribution in [3.63, 3.8) is 0 Å². The van der Waals surface area contributed by atoms with E-state index in [1.54, 1.807) is 29.0 Å². The predicted octanol–water partition coefficient (Wildman–Crippen LogP) is 2.72. The Balaban J connectivity index is 1.53. The van der Waals surface area contributed by atoms with Crippen LogP contribution in [-0.2, 0) is 11.8 Å². The van der Waals surface area contributed by atoms with Crippen LogP contribution in [0.15, 0.2) is 23.5 Å². The minimum Gasteiger partial charge on any atom is -0.312 e. The van der Waals surface area contributed by atoms with E-state index in [-0.39, 0.29) is 12.3 Å². The van der Waals surface area contributed by atoms with Crippen LogP contribution >= 0.6 is 0 Å². The van der Waals surface area contributed by atoms with Crippen LogP contribution in [-0.4, -0.2) is 39.5 Å². The van der Waals surface area contributed by atoms with Crippen molar-refractivity contribution in [3.8, 4) is 0 Å². The molecule has 0 radical (unpaired) electrons. The Morgan fingerprint density at radius 2 is 2.16 bits per heavy atom. The molecule has 9 heteroatoms. The Hall–Kier alpha value is -2.03. The number of alkyl halides is 3. The summed E-state index contributed by atoms with van der Waals surface area (Å²) >= 11 is 0. The van der Waals surface area contributed by atoms with Crippen molar-refractivity contribution in [3.05, 3.63) is 23.5 Å². The molecule has 0 bridgehead atoms. The Labute approximate surface area is 144 Å². The molecule has 138 valence electrons. The molecule has 1 aromatic heterocycles. The molecule has 1 amide bonds. The van der Waals surface area contributed by atoms with Crippen molar-refractivity contribution >= 4 is 11.7 Å². The summed E-state index contributed by atoms with van der Waals surface area (Å²) < 4.78 is 41.2. The number of halogens is 3. The molecule has 0 aromatic carbocycles. The number of amides is 1. The van der Waals surface area contributed by atoms with Crippen LogP contribution in [0.4, 0.5) is 19.0 Å². The number of carbonyl (C=O) groups is 1. The zero-order chi connectivity index (χ0) is 18.0. The minimum absolute atomic E-state index is 0.192. The number of aryl methyl sites for hydroxylation is 1. The summed E-state index contributed by atoms with van der Waals surface area (Å²) in [5, 5.41) is 8.33. The number of hydrogen-bond acceptors (Lipinski definition) is 4. The molecule has 1 unspecified atom stereocenters. The highest BCUT2D eigenvalue weighted by Crippen LogP contribution is 2.39. The summed E-state index contributed by atoms with van der Waals surface area (Å²) in [6, 6.07) is 0.109. The van der Waals surface area contributed by atoms with Crippen molar-refractivity contribution in [1.82, 2.24) is 20.2 Å². The van der Waals surface area contributed by atoms with Crippen LogP contribution in [0.1, 0.15) is 38.5 Å². The van der Waals surface area contributed by atoms with Gasteiger partial charge in [-0.1, -0.05) is 0 Å². The smallest absolute Gasteiger partial charge is 0.312 e. The number of rotatable bonds is 5. The zero-order valence-corrected chi connectivity index (χ0v) is 14.1. The Kier molecular flexibility index (Phi) is 5.03. The molecule has 2 aliphatic rings. The van der Waals surface area contributed by atoms with Crippen LogP contribution in [0.3, 0.4) is 0 Å². The summed E-state index contributed by atoms with van der Waals surface area (Å²) in [4.78, 5) is 11.9. The van der Waals surface area contributed by atoms with E-state index in [2.05, 4.69) is 15.8 Å². The first-order valence-electron chi connectivity index (χ1n) is 8.46. The van der Waals surface area contributed by atoms with Gasteiger partial charge in [-0.15, -0.1) is 0 Å². The maximum absolute atomic E-state index is 13.2. The van der Waals surface area contributed by atoms with E-state index in [0.29, 0.717) is 37.2 Å². The van der Waals surface area contributed by atoms with Gasteiger partial charge in [0.15, 0.2) is 5.82 Å². The van der Waals surface area contributed by atoms with E-state index in [1.165, 1.54) is 0 Å². The maximum atomic E-state index is 13.2. The molecule has 1 atom stereocenters. The number of hydrogen-bond donors (Lipinski definition) is 2. The van der Waals surface area contributed by atoms with Gasteiger partial charge in [0.05, 0.1) is 0 Å².